The molecule has 17 heavy (non-hydrogen) atoms. The van der Waals surface area contributed by atoms with Crippen LogP contribution in [0.5, 0.6) is 0 Å². The normalized spacial score (nSPS) is 11.5. The fourth-order valence-electron chi connectivity index (χ4n) is 1.17. The van der Waals surface area contributed by atoms with E-state index in [4.69, 9.17) is 11.3 Å². The van der Waals surface area contributed by atoms with Crippen molar-refractivity contribution in [3.8, 4) is 12.3 Å². The Morgan fingerprint density at radius 3 is 2.82 bits per heavy atom. The largest absolute Gasteiger partial charge is 0.344 e. The number of hydroxylamine groups is 1. The Balaban J connectivity index is 2.22. The van der Waals surface area contributed by atoms with E-state index in [2.05, 4.69) is 16.7 Å². The van der Waals surface area contributed by atoms with Gasteiger partial charge in [0.1, 0.15) is 6.04 Å². The summed E-state index contributed by atoms with van der Waals surface area (Å²) in [5.74, 6) is 2.15. The first-order chi connectivity index (χ1) is 8.24. The molecule has 1 atom stereocenters. The van der Waals surface area contributed by atoms with Gasteiger partial charge in [0.25, 0.3) is 0 Å². The van der Waals surface area contributed by atoms with Crippen LogP contribution in [0.15, 0.2) is 30.3 Å². The van der Waals surface area contributed by atoms with Crippen molar-refractivity contribution in [1.29, 1.82) is 0 Å². The lowest BCUT2D eigenvalue weighted by molar-refractivity contribution is -0.127. The Morgan fingerprint density at radius 2 is 2.18 bits per heavy atom. The summed E-state index contributed by atoms with van der Waals surface area (Å²) >= 11 is 0. The lowest BCUT2D eigenvalue weighted by Gasteiger charge is -2.12. The highest BCUT2D eigenvalue weighted by Crippen LogP contribution is 1.99. The van der Waals surface area contributed by atoms with Crippen LogP contribution in [0.4, 0.5) is 0 Å². The predicted molar refractivity (Wildman–Crippen MR) is 65.7 cm³/mol. The van der Waals surface area contributed by atoms with Crippen LogP contribution in [-0.2, 0) is 16.2 Å². The number of carbonyl (C=O) groups is 1. The minimum Gasteiger partial charge on any atom is -0.344 e. The van der Waals surface area contributed by atoms with Gasteiger partial charge in [0.2, 0.25) is 5.91 Å². The molecule has 0 saturated heterocycles. The molecule has 2 N–H and O–H groups in total. The summed E-state index contributed by atoms with van der Waals surface area (Å²) < 4.78 is 0. The molecule has 4 nitrogen and oxygen atoms in total. The van der Waals surface area contributed by atoms with Gasteiger partial charge in [-0.05, 0) is 12.5 Å². The number of benzene rings is 1. The van der Waals surface area contributed by atoms with E-state index in [0.717, 1.165) is 5.56 Å². The molecule has 0 spiro atoms. The maximum atomic E-state index is 11.4. The zero-order chi connectivity index (χ0) is 12.5. The van der Waals surface area contributed by atoms with Gasteiger partial charge >= 0.3 is 0 Å². The molecule has 1 amide bonds. The molecule has 1 aromatic rings. The second-order valence-corrected chi connectivity index (χ2v) is 3.54. The maximum absolute atomic E-state index is 11.4. The molecule has 0 aliphatic carbocycles. The number of hydrogen-bond acceptors (Lipinski definition) is 3. The fourth-order valence-corrected chi connectivity index (χ4v) is 1.17. The molecule has 0 aliphatic heterocycles. The van der Waals surface area contributed by atoms with Crippen molar-refractivity contribution in [2.45, 2.75) is 19.6 Å². The first-order valence-corrected chi connectivity index (χ1v) is 5.36. The molecule has 0 saturated carbocycles. The van der Waals surface area contributed by atoms with Gasteiger partial charge in [-0.1, -0.05) is 36.3 Å². The van der Waals surface area contributed by atoms with E-state index in [-0.39, 0.29) is 12.5 Å². The first kappa shape index (κ1) is 13.2. The highest BCUT2D eigenvalue weighted by Gasteiger charge is 2.10. The van der Waals surface area contributed by atoms with Crippen molar-refractivity contribution in [2.24, 2.45) is 0 Å². The van der Waals surface area contributed by atoms with Gasteiger partial charge in [-0.2, -0.15) is 5.48 Å². The third-order valence-electron chi connectivity index (χ3n) is 2.10. The summed E-state index contributed by atoms with van der Waals surface area (Å²) in [6.45, 7) is 2.34. The third kappa shape index (κ3) is 5.16. The van der Waals surface area contributed by atoms with Crippen LogP contribution in [0, 0.1) is 12.3 Å². The Hall–Kier alpha value is -1.83. The zero-order valence-electron chi connectivity index (χ0n) is 9.77. The molecule has 0 aliphatic rings. The van der Waals surface area contributed by atoms with Crippen LogP contribution in [0.1, 0.15) is 12.5 Å². The van der Waals surface area contributed by atoms with Crippen molar-refractivity contribution in [1.82, 2.24) is 10.8 Å². The topological polar surface area (TPSA) is 50.4 Å². The molecule has 1 aromatic carbocycles. The van der Waals surface area contributed by atoms with Crippen LogP contribution in [0.2, 0.25) is 0 Å². The van der Waals surface area contributed by atoms with Gasteiger partial charge in [-0.15, -0.1) is 6.42 Å². The van der Waals surface area contributed by atoms with Crippen LogP contribution in [-0.4, -0.2) is 18.5 Å². The number of rotatable bonds is 6. The molecule has 0 heterocycles. The first-order valence-electron chi connectivity index (χ1n) is 5.36. The SMILES string of the molecule is C#CCNC(=O)C(C)NOCc1ccccc1. The van der Waals surface area contributed by atoms with Gasteiger partial charge < -0.3 is 5.32 Å². The Kier molecular flexibility index (Phi) is 5.80. The van der Waals surface area contributed by atoms with Crippen molar-refractivity contribution in [3.05, 3.63) is 35.9 Å². The number of terminal acetylenes is 1. The summed E-state index contributed by atoms with van der Waals surface area (Å²) in [6, 6.07) is 9.26. The smallest absolute Gasteiger partial charge is 0.239 e. The van der Waals surface area contributed by atoms with Crippen molar-refractivity contribution in [3.63, 3.8) is 0 Å². The van der Waals surface area contributed by atoms with Gasteiger partial charge in [0.05, 0.1) is 13.2 Å². The molecule has 0 aromatic heterocycles. The Labute approximate surface area is 101 Å². The Morgan fingerprint density at radius 1 is 1.47 bits per heavy atom. The summed E-state index contributed by atoms with van der Waals surface area (Å²) in [4.78, 5) is 16.6. The second kappa shape index (κ2) is 7.44. The molecule has 0 bridgehead atoms. The molecule has 0 radical (unpaired) electrons. The van der Waals surface area contributed by atoms with Gasteiger partial charge in [0.15, 0.2) is 0 Å². The molecule has 4 heteroatoms. The summed E-state index contributed by atoms with van der Waals surface area (Å²) in [6.07, 6.45) is 5.04. The average Bonchev–Trinajstić information content (AvgIpc) is 2.37. The molecule has 1 rings (SSSR count). The number of amides is 1. The number of hydrogen-bond donors (Lipinski definition) is 2. The zero-order valence-corrected chi connectivity index (χ0v) is 9.77. The fraction of sp³-hybridized carbons (Fsp3) is 0.308. The quantitative estimate of drug-likeness (QED) is 0.564. The summed E-state index contributed by atoms with van der Waals surface area (Å²) in [5, 5.41) is 2.56. The average molecular weight is 232 g/mol. The standard InChI is InChI=1S/C13H16N2O2/c1-3-9-14-13(16)11(2)15-17-10-12-7-5-4-6-8-12/h1,4-8,11,15H,9-10H2,2H3,(H,14,16). The Bertz CT molecular complexity index is 384. The molecular formula is C13H16N2O2. The van der Waals surface area contributed by atoms with Gasteiger partial charge in [-0.25, -0.2) is 0 Å². The van der Waals surface area contributed by atoms with Crippen molar-refractivity contribution < 1.29 is 9.63 Å². The molecular weight excluding hydrogens is 216 g/mol. The van der Waals surface area contributed by atoms with Crippen LogP contribution >= 0.6 is 0 Å². The van der Waals surface area contributed by atoms with Gasteiger partial charge in [0, 0.05) is 0 Å². The minimum atomic E-state index is -0.438. The highest BCUT2D eigenvalue weighted by molar-refractivity contribution is 5.81. The van der Waals surface area contributed by atoms with E-state index in [1.807, 2.05) is 30.3 Å². The highest BCUT2D eigenvalue weighted by atomic mass is 16.6. The van der Waals surface area contributed by atoms with Crippen LogP contribution in [0.25, 0.3) is 0 Å². The predicted octanol–water partition coefficient (Wildman–Crippen LogP) is 0.846. The van der Waals surface area contributed by atoms with Crippen LogP contribution in [0.3, 0.4) is 0 Å². The molecule has 0 fully saturated rings. The van der Waals surface area contributed by atoms with E-state index >= 15 is 0 Å². The maximum Gasteiger partial charge on any atom is 0.239 e. The van der Waals surface area contributed by atoms with E-state index in [9.17, 15) is 4.79 Å². The van der Waals surface area contributed by atoms with E-state index in [1.54, 1.807) is 6.92 Å². The second-order valence-electron chi connectivity index (χ2n) is 3.54. The molecule has 90 valence electrons. The van der Waals surface area contributed by atoms with Gasteiger partial charge in [-0.3, -0.25) is 9.63 Å². The lowest BCUT2D eigenvalue weighted by atomic mass is 10.2. The van der Waals surface area contributed by atoms with Crippen molar-refractivity contribution in [2.75, 3.05) is 6.54 Å². The number of nitrogens with one attached hydrogen (secondary N) is 2. The molecule has 1 unspecified atom stereocenters. The summed E-state index contributed by atoms with van der Waals surface area (Å²) in [5.41, 5.74) is 3.70. The monoisotopic (exact) mass is 232 g/mol. The van der Waals surface area contributed by atoms with E-state index < -0.39 is 6.04 Å². The van der Waals surface area contributed by atoms with Crippen LogP contribution < -0.4 is 10.8 Å². The third-order valence-corrected chi connectivity index (χ3v) is 2.10. The van der Waals surface area contributed by atoms with E-state index in [1.165, 1.54) is 0 Å². The minimum absolute atomic E-state index is 0.184. The van der Waals surface area contributed by atoms with Crippen molar-refractivity contribution >= 4 is 5.91 Å². The lowest BCUT2D eigenvalue weighted by Crippen LogP contribution is -2.42. The summed E-state index contributed by atoms with van der Waals surface area (Å²) in [7, 11) is 0. The number of carbonyl (C=O) groups excluding carboxylic acids is 1. The van der Waals surface area contributed by atoms with E-state index in [0.29, 0.717) is 6.61 Å².